The molecule has 2 aromatic carbocycles. The zero-order valence-corrected chi connectivity index (χ0v) is 14.7. The predicted octanol–water partition coefficient (Wildman–Crippen LogP) is 3.76. The van der Waals surface area contributed by atoms with Crippen molar-refractivity contribution < 1.29 is 19.4 Å². The Morgan fingerprint density at radius 3 is 2.44 bits per heavy atom. The van der Waals surface area contributed by atoms with Crippen molar-refractivity contribution in [3.8, 4) is 5.75 Å². The Morgan fingerprint density at radius 1 is 1.19 bits per heavy atom. The summed E-state index contributed by atoms with van der Waals surface area (Å²) in [6.45, 7) is 2.29. The lowest BCUT2D eigenvalue weighted by Crippen LogP contribution is -2.12. The smallest absolute Gasteiger partial charge is 0.277 e. The highest BCUT2D eigenvalue weighted by molar-refractivity contribution is 7.22. The number of fused-ring (bicyclic) bond motifs is 1. The number of nitrogens with zero attached hydrogens (tertiary/aromatic N) is 3. The molecule has 0 aliphatic rings. The van der Waals surface area contributed by atoms with Crippen LogP contribution >= 0.6 is 11.3 Å². The van der Waals surface area contributed by atoms with Crippen molar-refractivity contribution in [3.05, 3.63) is 62.2 Å². The zero-order chi connectivity index (χ0) is 19.6. The number of hydrogen-bond donors (Lipinski definition) is 1. The van der Waals surface area contributed by atoms with Crippen LogP contribution in [-0.2, 0) is 0 Å². The van der Waals surface area contributed by atoms with Crippen LogP contribution in [0.3, 0.4) is 0 Å². The molecule has 27 heavy (non-hydrogen) atoms. The molecule has 0 aliphatic carbocycles. The normalized spacial score (nSPS) is 10.6. The number of benzene rings is 2. The molecule has 1 heterocycles. The molecule has 11 heteroatoms. The third kappa shape index (κ3) is 3.82. The first-order valence-corrected chi connectivity index (χ1v) is 8.48. The maximum absolute atomic E-state index is 12.4. The molecule has 1 N–H and O–H groups in total. The second-order valence-corrected chi connectivity index (χ2v) is 6.29. The van der Waals surface area contributed by atoms with Gasteiger partial charge < -0.3 is 4.74 Å². The number of nitro groups is 2. The Bertz CT molecular complexity index is 1030. The molecular weight excluding hydrogens is 376 g/mol. The molecule has 0 spiro atoms. The molecule has 10 nitrogen and oxygen atoms in total. The highest BCUT2D eigenvalue weighted by atomic mass is 32.1. The van der Waals surface area contributed by atoms with E-state index in [0.29, 0.717) is 17.9 Å². The van der Waals surface area contributed by atoms with Crippen LogP contribution in [0.5, 0.6) is 5.75 Å². The fraction of sp³-hybridized carbons (Fsp3) is 0.125. The van der Waals surface area contributed by atoms with Gasteiger partial charge in [-0.2, -0.15) is 0 Å². The van der Waals surface area contributed by atoms with Gasteiger partial charge in [-0.05, 0) is 19.1 Å². The number of amides is 1. The Morgan fingerprint density at radius 2 is 1.85 bits per heavy atom. The molecule has 138 valence electrons. The highest BCUT2D eigenvalue weighted by Crippen LogP contribution is 2.33. The van der Waals surface area contributed by atoms with Crippen molar-refractivity contribution in [2.45, 2.75) is 6.92 Å². The maximum Gasteiger partial charge on any atom is 0.277 e. The Labute approximate surface area is 155 Å². The van der Waals surface area contributed by atoms with Gasteiger partial charge in [-0.3, -0.25) is 30.3 Å². The summed E-state index contributed by atoms with van der Waals surface area (Å²) in [5, 5.41) is 24.7. The average molecular weight is 388 g/mol. The number of carbonyl (C=O) groups excluding carboxylic acids is 1. The Kier molecular flexibility index (Phi) is 4.94. The minimum absolute atomic E-state index is 0.208. The molecule has 0 atom stereocenters. The predicted molar refractivity (Wildman–Crippen MR) is 98.5 cm³/mol. The fourth-order valence-corrected chi connectivity index (χ4v) is 3.23. The standard InChI is InChI=1S/C16H12N4O6S/c1-2-26-12-4-3-5-13-14(12)17-16(27-13)18-15(21)9-6-10(19(22)23)8-11(7-9)20(24)25/h3-8H,2H2,1H3,(H,17,18,21). The quantitative estimate of drug-likeness (QED) is 0.501. The number of nitro benzene ring substituents is 2. The van der Waals surface area contributed by atoms with E-state index in [-0.39, 0.29) is 10.7 Å². The molecule has 0 fully saturated rings. The molecule has 3 rings (SSSR count). The number of anilines is 1. The summed E-state index contributed by atoms with van der Waals surface area (Å²) in [6, 6.07) is 8.09. The van der Waals surface area contributed by atoms with E-state index in [1.54, 1.807) is 12.1 Å². The first kappa shape index (κ1) is 18.2. The van der Waals surface area contributed by atoms with E-state index in [4.69, 9.17) is 4.74 Å². The number of rotatable bonds is 6. The van der Waals surface area contributed by atoms with E-state index in [1.165, 1.54) is 11.3 Å². The molecular formula is C16H12N4O6S. The average Bonchev–Trinajstić information content (AvgIpc) is 3.05. The van der Waals surface area contributed by atoms with Crippen LogP contribution in [0.2, 0.25) is 0 Å². The summed E-state index contributed by atoms with van der Waals surface area (Å²) in [6.07, 6.45) is 0. The van der Waals surface area contributed by atoms with Gasteiger partial charge in [0.1, 0.15) is 11.3 Å². The number of carbonyl (C=O) groups is 1. The molecule has 1 aromatic heterocycles. The molecule has 0 radical (unpaired) electrons. The lowest BCUT2D eigenvalue weighted by atomic mass is 10.1. The van der Waals surface area contributed by atoms with Crippen LogP contribution in [-0.4, -0.2) is 27.3 Å². The summed E-state index contributed by atoms with van der Waals surface area (Å²) in [7, 11) is 0. The number of ether oxygens (including phenoxy) is 1. The largest absolute Gasteiger partial charge is 0.492 e. The summed E-state index contributed by atoms with van der Waals surface area (Å²) < 4.78 is 6.27. The Hall–Kier alpha value is -3.60. The van der Waals surface area contributed by atoms with Crippen LogP contribution < -0.4 is 10.1 Å². The second-order valence-electron chi connectivity index (χ2n) is 5.26. The minimum atomic E-state index is -0.796. The second kappa shape index (κ2) is 7.33. The summed E-state index contributed by atoms with van der Waals surface area (Å²) in [5.41, 5.74) is -0.723. The molecule has 0 unspecified atom stereocenters. The van der Waals surface area contributed by atoms with Crippen LogP contribution in [0, 0.1) is 20.2 Å². The van der Waals surface area contributed by atoms with Crippen LogP contribution in [0.1, 0.15) is 17.3 Å². The number of nitrogens with one attached hydrogen (secondary N) is 1. The van der Waals surface area contributed by atoms with E-state index in [0.717, 1.165) is 22.9 Å². The molecule has 0 saturated heterocycles. The van der Waals surface area contributed by atoms with Gasteiger partial charge in [0.2, 0.25) is 0 Å². The van der Waals surface area contributed by atoms with E-state index in [9.17, 15) is 25.0 Å². The van der Waals surface area contributed by atoms with Gasteiger partial charge >= 0.3 is 0 Å². The van der Waals surface area contributed by atoms with Crippen molar-refractivity contribution in [1.82, 2.24) is 4.98 Å². The van der Waals surface area contributed by atoms with E-state index in [1.807, 2.05) is 13.0 Å². The van der Waals surface area contributed by atoms with E-state index < -0.39 is 27.1 Å². The van der Waals surface area contributed by atoms with Crippen molar-refractivity contribution in [2.24, 2.45) is 0 Å². The van der Waals surface area contributed by atoms with Gasteiger partial charge in [-0.15, -0.1) is 0 Å². The molecule has 0 aliphatic heterocycles. The number of hydrogen-bond acceptors (Lipinski definition) is 8. The number of aromatic nitrogens is 1. The molecule has 1 amide bonds. The van der Waals surface area contributed by atoms with Gasteiger partial charge in [0, 0.05) is 12.1 Å². The Balaban J connectivity index is 1.93. The lowest BCUT2D eigenvalue weighted by molar-refractivity contribution is -0.394. The summed E-state index contributed by atoms with van der Waals surface area (Å²) in [4.78, 5) is 37.0. The number of non-ortho nitro benzene ring substituents is 2. The fourth-order valence-electron chi connectivity index (χ4n) is 2.36. The SMILES string of the molecule is CCOc1cccc2sc(NC(=O)c3cc([N+](=O)[O-])cc([N+](=O)[O-])c3)nc12. The van der Waals surface area contributed by atoms with Gasteiger partial charge in [-0.25, -0.2) is 4.98 Å². The van der Waals surface area contributed by atoms with Crippen molar-refractivity contribution in [3.63, 3.8) is 0 Å². The van der Waals surface area contributed by atoms with E-state index >= 15 is 0 Å². The van der Waals surface area contributed by atoms with Crippen molar-refractivity contribution in [2.75, 3.05) is 11.9 Å². The van der Waals surface area contributed by atoms with Crippen LogP contribution in [0.25, 0.3) is 10.2 Å². The first-order valence-electron chi connectivity index (χ1n) is 7.66. The van der Waals surface area contributed by atoms with Crippen LogP contribution in [0.4, 0.5) is 16.5 Å². The zero-order valence-electron chi connectivity index (χ0n) is 13.9. The van der Waals surface area contributed by atoms with Gasteiger partial charge in [0.15, 0.2) is 5.13 Å². The number of thiazole rings is 1. The minimum Gasteiger partial charge on any atom is -0.492 e. The first-order chi connectivity index (χ1) is 12.9. The summed E-state index contributed by atoms with van der Waals surface area (Å²) in [5.74, 6) is -0.170. The third-order valence-electron chi connectivity index (χ3n) is 3.49. The van der Waals surface area contributed by atoms with Crippen LogP contribution in [0.15, 0.2) is 36.4 Å². The monoisotopic (exact) mass is 388 g/mol. The highest BCUT2D eigenvalue weighted by Gasteiger charge is 2.21. The lowest BCUT2D eigenvalue weighted by Gasteiger charge is -2.03. The topological polar surface area (TPSA) is 138 Å². The van der Waals surface area contributed by atoms with Gasteiger partial charge in [-0.1, -0.05) is 17.4 Å². The maximum atomic E-state index is 12.4. The molecule has 0 bridgehead atoms. The van der Waals surface area contributed by atoms with Crippen molar-refractivity contribution in [1.29, 1.82) is 0 Å². The molecule has 0 saturated carbocycles. The van der Waals surface area contributed by atoms with E-state index in [2.05, 4.69) is 10.3 Å². The summed E-state index contributed by atoms with van der Waals surface area (Å²) >= 11 is 1.19. The van der Waals surface area contributed by atoms with Gasteiger partial charge in [0.05, 0.1) is 32.8 Å². The third-order valence-corrected chi connectivity index (χ3v) is 4.42. The van der Waals surface area contributed by atoms with Crippen molar-refractivity contribution >= 4 is 44.0 Å². The number of para-hydroxylation sites is 1. The van der Waals surface area contributed by atoms with Gasteiger partial charge in [0.25, 0.3) is 17.3 Å². The molecule has 3 aromatic rings.